The van der Waals surface area contributed by atoms with E-state index >= 15 is 0 Å². The first-order chi connectivity index (χ1) is 20.6. The fourth-order valence-corrected chi connectivity index (χ4v) is 6.45. The van der Waals surface area contributed by atoms with E-state index < -0.39 is 0 Å². The Kier molecular flexibility index (Phi) is 7.60. The number of imidazole rings is 1. The van der Waals surface area contributed by atoms with Gasteiger partial charge in [0.25, 0.3) is 11.8 Å². The second-order valence-electron chi connectivity index (χ2n) is 11.7. The van der Waals surface area contributed by atoms with Crippen LogP contribution in [0.4, 0.5) is 0 Å². The van der Waals surface area contributed by atoms with Gasteiger partial charge in [0.1, 0.15) is 5.69 Å². The number of carbonyl (C=O) groups is 2. The second-order valence-corrected chi connectivity index (χ2v) is 12.2. The summed E-state index contributed by atoms with van der Waals surface area (Å²) in [5.41, 5.74) is 5.10. The molecule has 0 bridgehead atoms. The number of hydrogen-bond donors (Lipinski definition) is 1. The lowest BCUT2D eigenvalue weighted by Gasteiger charge is -2.29. The molecule has 43 heavy (non-hydrogen) atoms. The molecule has 3 heterocycles. The number of carbonyl (C=O) groups excluding carboxylic acids is 2. The van der Waals surface area contributed by atoms with Gasteiger partial charge in [-0.05, 0) is 81.0 Å². The van der Waals surface area contributed by atoms with Crippen molar-refractivity contribution >= 4 is 45.4 Å². The van der Waals surface area contributed by atoms with E-state index in [9.17, 15) is 14.4 Å². The Morgan fingerprint density at radius 2 is 1.72 bits per heavy atom. The van der Waals surface area contributed by atoms with E-state index in [0.29, 0.717) is 34.4 Å². The first-order valence-corrected chi connectivity index (χ1v) is 14.9. The molecule has 1 saturated carbocycles. The summed E-state index contributed by atoms with van der Waals surface area (Å²) in [6, 6.07) is 17.4. The highest BCUT2D eigenvalue weighted by Crippen LogP contribution is 2.29. The van der Waals surface area contributed by atoms with Crippen molar-refractivity contribution in [2.75, 3.05) is 14.1 Å². The number of rotatable bonds is 6. The zero-order valence-corrected chi connectivity index (χ0v) is 25.6. The Morgan fingerprint density at radius 1 is 1.00 bits per heavy atom. The lowest BCUT2D eigenvalue weighted by Crippen LogP contribution is -2.39. The Balaban J connectivity index is 1.23. The predicted molar refractivity (Wildman–Crippen MR) is 169 cm³/mol. The molecule has 0 saturated heterocycles. The van der Waals surface area contributed by atoms with Crippen LogP contribution in [0.15, 0.2) is 65.6 Å². The molecule has 1 N–H and O–H groups in total. The normalized spacial score (nSPS) is 17.0. The summed E-state index contributed by atoms with van der Waals surface area (Å²) >= 11 is 6.06. The zero-order chi connectivity index (χ0) is 30.4. The molecule has 1 aliphatic rings. The molecule has 0 unspecified atom stereocenters. The minimum Gasteiger partial charge on any atom is -0.349 e. The van der Waals surface area contributed by atoms with Crippen LogP contribution >= 0.6 is 11.6 Å². The van der Waals surface area contributed by atoms with Crippen molar-refractivity contribution in [3.63, 3.8) is 0 Å². The number of nitrogens with one attached hydrogen (secondary N) is 1. The van der Waals surface area contributed by atoms with Crippen LogP contribution < -0.4 is 11.0 Å². The summed E-state index contributed by atoms with van der Waals surface area (Å²) in [6.45, 7) is 2.41. The standard InChI is InChI=1S/C33H35ClN6O3/c1-20-26(17-23(34)18-35-20)31(41)36-24-11-9-21(10-12-24)19-39-28-7-5-6-8-29(28)40(33(39)43)25-13-14-27-22(15-25)16-30(38(27)4)32(42)37(2)3/h5-8,13-18,21,24H,9-12,19H2,1-4H3,(H,36,41). The summed E-state index contributed by atoms with van der Waals surface area (Å²) in [7, 11) is 5.36. The van der Waals surface area contributed by atoms with Crippen LogP contribution in [0, 0.1) is 12.8 Å². The number of nitrogens with zero attached hydrogens (tertiary/aromatic N) is 5. The quantitative estimate of drug-likeness (QED) is 0.286. The van der Waals surface area contributed by atoms with Gasteiger partial charge in [-0.1, -0.05) is 23.7 Å². The fraction of sp³-hybridized carbons (Fsp3) is 0.333. The van der Waals surface area contributed by atoms with Gasteiger partial charge in [0.2, 0.25) is 0 Å². The van der Waals surface area contributed by atoms with Gasteiger partial charge in [-0.3, -0.25) is 23.7 Å². The van der Waals surface area contributed by atoms with Crippen molar-refractivity contribution in [2.45, 2.75) is 45.2 Å². The third-order valence-corrected chi connectivity index (χ3v) is 8.87. The Labute approximate surface area is 254 Å². The topological polar surface area (TPSA) is 94.2 Å². The van der Waals surface area contributed by atoms with E-state index in [1.54, 1.807) is 42.7 Å². The van der Waals surface area contributed by atoms with E-state index in [1.807, 2.05) is 64.7 Å². The van der Waals surface area contributed by atoms with Crippen LogP contribution in [-0.2, 0) is 13.6 Å². The molecule has 222 valence electrons. The molecule has 10 heteroatoms. The minimum atomic E-state index is -0.149. The maximum atomic E-state index is 14.0. The zero-order valence-electron chi connectivity index (χ0n) is 24.8. The molecule has 2 aromatic carbocycles. The first kappa shape index (κ1) is 28.7. The number of benzene rings is 2. The van der Waals surface area contributed by atoms with Crippen LogP contribution in [-0.4, -0.2) is 55.5 Å². The summed E-state index contributed by atoms with van der Waals surface area (Å²) in [4.78, 5) is 45.3. The van der Waals surface area contributed by atoms with Gasteiger partial charge < -0.3 is 14.8 Å². The number of amides is 2. The molecule has 6 rings (SSSR count). The van der Waals surface area contributed by atoms with Crippen LogP contribution in [0.25, 0.3) is 27.6 Å². The highest BCUT2D eigenvalue weighted by atomic mass is 35.5. The van der Waals surface area contributed by atoms with Gasteiger partial charge in [0.15, 0.2) is 0 Å². The van der Waals surface area contributed by atoms with Gasteiger partial charge in [0.05, 0.1) is 33.0 Å². The lowest BCUT2D eigenvalue weighted by atomic mass is 9.85. The number of pyridine rings is 1. The van der Waals surface area contributed by atoms with Crippen LogP contribution in [0.1, 0.15) is 52.2 Å². The summed E-state index contributed by atoms with van der Waals surface area (Å²) in [6.07, 6.45) is 5.04. The summed E-state index contributed by atoms with van der Waals surface area (Å²) in [5.74, 6) is 0.0969. The Morgan fingerprint density at radius 3 is 2.44 bits per heavy atom. The fourth-order valence-electron chi connectivity index (χ4n) is 6.29. The largest absolute Gasteiger partial charge is 0.349 e. The van der Waals surface area contributed by atoms with Gasteiger partial charge in [-0.25, -0.2) is 4.79 Å². The molecular formula is C33H35ClN6O3. The number of aromatic nitrogens is 4. The van der Waals surface area contributed by atoms with E-state index in [0.717, 1.165) is 53.3 Å². The van der Waals surface area contributed by atoms with E-state index in [-0.39, 0.29) is 23.5 Å². The number of hydrogen-bond acceptors (Lipinski definition) is 4. The van der Waals surface area contributed by atoms with Crippen LogP contribution in [0.5, 0.6) is 0 Å². The van der Waals surface area contributed by atoms with Crippen molar-refractivity contribution < 1.29 is 9.59 Å². The molecule has 2 amide bonds. The maximum absolute atomic E-state index is 14.0. The second kappa shape index (κ2) is 11.4. The first-order valence-electron chi connectivity index (χ1n) is 14.6. The molecule has 1 aliphatic carbocycles. The molecule has 0 spiro atoms. The van der Waals surface area contributed by atoms with Crippen molar-refractivity contribution in [3.05, 3.63) is 93.3 Å². The van der Waals surface area contributed by atoms with Crippen molar-refractivity contribution in [3.8, 4) is 5.69 Å². The summed E-state index contributed by atoms with van der Waals surface area (Å²) < 4.78 is 5.54. The molecule has 5 aromatic rings. The van der Waals surface area contributed by atoms with Crippen molar-refractivity contribution in [1.82, 2.24) is 28.9 Å². The summed E-state index contributed by atoms with van der Waals surface area (Å²) in [5, 5.41) is 4.49. The SMILES string of the molecule is Cc1ncc(Cl)cc1C(=O)NC1CCC(Cn2c(=O)n(-c3ccc4c(c3)cc(C(=O)N(C)C)n4C)c3ccccc32)CC1. The van der Waals surface area contributed by atoms with E-state index in [1.165, 1.54) is 0 Å². The molecule has 9 nitrogen and oxygen atoms in total. The van der Waals surface area contributed by atoms with Crippen LogP contribution in [0.2, 0.25) is 5.02 Å². The van der Waals surface area contributed by atoms with E-state index in [2.05, 4.69) is 10.3 Å². The van der Waals surface area contributed by atoms with E-state index in [4.69, 9.17) is 11.6 Å². The highest BCUT2D eigenvalue weighted by molar-refractivity contribution is 6.30. The van der Waals surface area contributed by atoms with Crippen molar-refractivity contribution in [1.29, 1.82) is 0 Å². The average molecular weight is 599 g/mol. The van der Waals surface area contributed by atoms with Crippen molar-refractivity contribution in [2.24, 2.45) is 13.0 Å². The van der Waals surface area contributed by atoms with Gasteiger partial charge in [-0.2, -0.15) is 0 Å². The lowest BCUT2D eigenvalue weighted by molar-refractivity contribution is 0.0818. The molecule has 0 radical (unpaired) electrons. The number of halogens is 1. The van der Waals surface area contributed by atoms with Gasteiger partial charge in [0, 0.05) is 50.8 Å². The molecular weight excluding hydrogens is 564 g/mol. The van der Waals surface area contributed by atoms with Gasteiger partial charge >= 0.3 is 5.69 Å². The monoisotopic (exact) mass is 598 g/mol. The average Bonchev–Trinajstić information content (AvgIpc) is 3.47. The Bertz CT molecular complexity index is 1930. The van der Waals surface area contributed by atoms with Gasteiger partial charge in [-0.15, -0.1) is 0 Å². The molecule has 3 aromatic heterocycles. The minimum absolute atomic E-state index is 0.0695. The third kappa shape index (κ3) is 5.33. The smallest absolute Gasteiger partial charge is 0.333 e. The third-order valence-electron chi connectivity index (χ3n) is 8.67. The number of aryl methyl sites for hydroxylation is 2. The highest BCUT2D eigenvalue weighted by Gasteiger charge is 2.26. The van der Waals surface area contributed by atoms with Crippen LogP contribution in [0.3, 0.4) is 0 Å². The maximum Gasteiger partial charge on any atom is 0.333 e. The number of fused-ring (bicyclic) bond motifs is 2. The molecule has 0 aliphatic heterocycles. The number of para-hydroxylation sites is 2. The molecule has 1 fully saturated rings. The molecule has 0 atom stereocenters. The Hall–Kier alpha value is -4.37. The predicted octanol–water partition coefficient (Wildman–Crippen LogP) is 5.33.